The van der Waals surface area contributed by atoms with Crippen molar-refractivity contribution in [2.75, 3.05) is 26.2 Å². The van der Waals surface area contributed by atoms with Crippen molar-refractivity contribution in [3.63, 3.8) is 0 Å². The Kier molecular flexibility index (Phi) is 6.64. The molecule has 7 nitrogen and oxygen atoms in total. The van der Waals surface area contributed by atoms with Gasteiger partial charge >= 0.3 is 18.0 Å². The fraction of sp³-hybridized carbons (Fsp3) is 0.800. The van der Waals surface area contributed by atoms with Gasteiger partial charge in [-0.15, -0.1) is 0 Å². The second kappa shape index (κ2) is 8.00. The molecule has 0 unspecified atom stereocenters. The molecule has 0 spiro atoms. The van der Waals surface area contributed by atoms with Crippen LogP contribution in [-0.2, 0) is 19.1 Å². The normalized spacial score (nSPS) is 16.1. The van der Waals surface area contributed by atoms with Gasteiger partial charge in [0.25, 0.3) is 0 Å². The molecule has 2 amide bonds. The molecule has 1 fully saturated rings. The van der Waals surface area contributed by atoms with E-state index in [0.29, 0.717) is 19.6 Å². The third-order valence-electron chi connectivity index (χ3n) is 3.28. The maximum Gasteiger partial charge on any atom is 0.410 e. The van der Waals surface area contributed by atoms with Crippen LogP contribution in [0.25, 0.3) is 0 Å². The summed E-state index contributed by atoms with van der Waals surface area (Å²) >= 11 is 0. The van der Waals surface area contributed by atoms with Crippen molar-refractivity contribution in [2.24, 2.45) is 5.92 Å². The lowest BCUT2D eigenvalue weighted by Crippen LogP contribution is -2.44. The number of rotatable bonds is 3. The maximum absolute atomic E-state index is 11.9. The molecule has 0 radical (unpaired) electrons. The van der Waals surface area contributed by atoms with Crippen molar-refractivity contribution in [1.29, 1.82) is 0 Å². The fourth-order valence-electron chi connectivity index (χ4n) is 2.15. The van der Waals surface area contributed by atoms with Gasteiger partial charge in [0.1, 0.15) is 5.60 Å². The van der Waals surface area contributed by atoms with E-state index in [-0.39, 0.29) is 18.6 Å². The summed E-state index contributed by atoms with van der Waals surface area (Å²) in [6.07, 6.45) is 1.23. The first kappa shape index (κ1) is 18.3. The Morgan fingerprint density at radius 1 is 1.18 bits per heavy atom. The van der Waals surface area contributed by atoms with E-state index in [1.165, 1.54) is 0 Å². The highest BCUT2D eigenvalue weighted by Crippen LogP contribution is 2.19. The monoisotopic (exact) mass is 314 g/mol. The number of nitrogens with one attached hydrogen (secondary N) is 1. The van der Waals surface area contributed by atoms with Crippen LogP contribution >= 0.6 is 0 Å². The molecule has 1 rings (SSSR count). The highest BCUT2D eigenvalue weighted by molar-refractivity contribution is 6.32. The number of likely N-dealkylation sites (tertiary alicyclic amines) is 1. The van der Waals surface area contributed by atoms with Crippen LogP contribution in [0.3, 0.4) is 0 Å². The highest BCUT2D eigenvalue weighted by atomic mass is 16.6. The van der Waals surface area contributed by atoms with Crippen molar-refractivity contribution in [1.82, 2.24) is 10.2 Å². The standard InChI is InChI=1S/C15H26N2O5/c1-5-21-13(19)12(18)16-10-11-6-8-17(9-7-11)14(20)22-15(2,3)4/h11H,5-10H2,1-4H3,(H,16,18). The second-order valence-corrected chi connectivity index (χ2v) is 6.34. The van der Waals surface area contributed by atoms with E-state index in [0.717, 1.165) is 12.8 Å². The number of carbonyl (C=O) groups is 3. The second-order valence-electron chi connectivity index (χ2n) is 6.34. The van der Waals surface area contributed by atoms with E-state index in [2.05, 4.69) is 10.1 Å². The average molecular weight is 314 g/mol. The van der Waals surface area contributed by atoms with Crippen LogP contribution in [0.4, 0.5) is 4.79 Å². The van der Waals surface area contributed by atoms with Crippen LogP contribution in [0, 0.1) is 5.92 Å². The number of hydrogen-bond acceptors (Lipinski definition) is 5. The first-order chi connectivity index (χ1) is 10.2. The minimum Gasteiger partial charge on any atom is -0.459 e. The average Bonchev–Trinajstić information content (AvgIpc) is 2.43. The molecule has 0 aromatic carbocycles. The number of piperidine rings is 1. The van der Waals surface area contributed by atoms with E-state index < -0.39 is 17.5 Å². The van der Waals surface area contributed by atoms with Crippen LogP contribution in [0.2, 0.25) is 0 Å². The Bertz CT molecular complexity index is 409. The van der Waals surface area contributed by atoms with Crippen molar-refractivity contribution in [2.45, 2.75) is 46.1 Å². The van der Waals surface area contributed by atoms with Crippen LogP contribution < -0.4 is 5.32 Å². The third-order valence-corrected chi connectivity index (χ3v) is 3.28. The summed E-state index contributed by atoms with van der Waals surface area (Å²) in [6, 6.07) is 0. The SMILES string of the molecule is CCOC(=O)C(=O)NCC1CCN(C(=O)OC(C)(C)C)CC1. The van der Waals surface area contributed by atoms with Crippen molar-refractivity contribution < 1.29 is 23.9 Å². The van der Waals surface area contributed by atoms with Crippen LogP contribution in [-0.4, -0.2) is 54.7 Å². The summed E-state index contributed by atoms with van der Waals surface area (Å²) in [5.74, 6) is -1.32. The minimum atomic E-state index is -0.853. The Balaban J connectivity index is 2.29. The van der Waals surface area contributed by atoms with Crippen molar-refractivity contribution in [3.8, 4) is 0 Å². The van der Waals surface area contributed by atoms with Gasteiger partial charge in [0.05, 0.1) is 6.61 Å². The summed E-state index contributed by atoms with van der Waals surface area (Å²) in [7, 11) is 0. The molecular formula is C15H26N2O5. The Morgan fingerprint density at radius 2 is 1.77 bits per heavy atom. The highest BCUT2D eigenvalue weighted by Gasteiger charge is 2.27. The maximum atomic E-state index is 11.9. The number of carbonyl (C=O) groups excluding carboxylic acids is 3. The lowest BCUT2D eigenvalue weighted by molar-refractivity contribution is -0.154. The van der Waals surface area contributed by atoms with Gasteiger partial charge < -0.3 is 19.7 Å². The molecule has 0 saturated carbocycles. The Labute approximate surface area is 131 Å². The van der Waals surface area contributed by atoms with Crippen LogP contribution in [0.15, 0.2) is 0 Å². The number of nitrogens with zero attached hydrogens (tertiary/aromatic N) is 1. The molecule has 0 bridgehead atoms. The van der Waals surface area contributed by atoms with E-state index in [1.54, 1.807) is 11.8 Å². The largest absolute Gasteiger partial charge is 0.459 e. The predicted molar refractivity (Wildman–Crippen MR) is 80.2 cm³/mol. The summed E-state index contributed by atoms with van der Waals surface area (Å²) in [6.45, 7) is 8.94. The minimum absolute atomic E-state index is 0.181. The molecular weight excluding hydrogens is 288 g/mol. The van der Waals surface area contributed by atoms with Gasteiger partial charge in [-0.3, -0.25) is 4.79 Å². The number of ether oxygens (including phenoxy) is 2. The molecule has 7 heteroatoms. The first-order valence-electron chi connectivity index (χ1n) is 7.65. The molecule has 1 heterocycles. The molecule has 22 heavy (non-hydrogen) atoms. The first-order valence-corrected chi connectivity index (χ1v) is 7.65. The molecule has 0 atom stereocenters. The summed E-state index contributed by atoms with van der Waals surface area (Å²) in [5.41, 5.74) is -0.498. The number of hydrogen-bond donors (Lipinski definition) is 1. The van der Waals surface area contributed by atoms with Crippen LogP contribution in [0.5, 0.6) is 0 Å². The molecule has 1 N–H and O–H groups in total. The number of amides is 2. The quantitative estimate of drug-likeness (QED) is 0.627. The molecule has 1 aliphatic rings. The van der Waals surface area contributed by atoms with E-state index in [9.17, 15) is 14.4 Å². The topological polar surface area (TPSA) is 84.9 Å². The van der Waals surface area contributed by atoms with Crippen molar-refractivity contribution >= 4 is 18.0 Å². The molecule has 126 valence electrons. The molecule has 0 aromatic heterocycles. The lowest BCUT2D eigenvalue weighted by atomic mass is 9.97. The Morgan fingerprint density at radius 3 is 2.27 bits per heavy atom. The van der Waals surface area contributed by atoms with E-state index in [1.807, 2.05) is 20.8 Å². The van der Waals surface area contributed by atoms with Gasteiger partial charge in [-0.25, -0.2) is 9.59 Å². The van der Waals surface area contributed by atoms with Gasteiger partial charge in [0, 0.05) is 19.6 Å². The van der Waals surface area contributed by atoms with Crippen molar-refractivity contribution in [3.05, 3.63) is 0 Å². The molecule has 0 aliphatic carbocycles. The lowest BCUT2D eigenvalue weighted by Gasteiger charge is -2.33. The van der Waals surface area contributed by atoms with Crippen LogP contribution in [0.1, 0.15) is 40.5 Å². The van der Waals surface area contributed by atoms with Gasteiger partial charge in [0.15, 0.2) is 0 Å². The van der Waals surface area contributed by atoms with Gasteiger partial charge in [-0.1, -0.05) is 0 Å². The van der Waals surface area contributed by atoms with Gasteiger partial charge in [-0.05, 0) is 46.5 Å². The van der Waals surface area contributed by atoms with E-state index in [4.69, 9.17) is 4.74 Å². The predicted octanol–water partition coefficient (Wildman–Crippen LogP) is 1.31. The van der Waals surface area contributed by atoms with Gasteiger partial charge in [0.2, 0.25) is 0 Å². The molecule has 0 aromatic rings. The zero-order valence-corrected chi connectivity index (χ0v) is 13.8. The zero-order valence-electron chi connectivity index (χ0n) is 13.8. The summed E-state index contributed by atoms with van der Waals surface area (Å²) in [4.78, 5) is 36.2. The Hall–Kier alpha value is -1.79. The number of esters is 1. The smallest absolute Gasteiger partial charge is 0.410 e. The molecule has 1 saturated heterocycles. The summed E-state index contributed by atoms with van der Waals surface area (Å²) in [5, 5.41) is 2.57. The third kappa shape index (κ3) is 6.32. The fourth-order valence-corrected chi connectivity index (χ4v) is 2.15. The summed E-state index contributed by atoms with van der Waals surface area (Å²) < 4.78 is 9.94. The molecule has 1 aliphatic heterocycles. The van der Waals surface area contributed by atoms with Gasteiger partial charge in [-0.2, -0.15) is 0 Å². The zero-order chi connectivity index (χ0) is 16.8. The van der Waals surface area contributed by atoms with E-state index >= 15 is 0 Å².